The monoisotopic (exact) mass is 224 g/mol. The molecule has 0 bridgehead atoms. The van der Waals surface area contributed by atoms with Gasteiger partial charge in [-0.3, -0.25) is 14.5 Å². The number of hydrogen-bond acceptors (Lipinski definition) is 3. The summed E-state index contributed by atoms with van der Waals surface area (Å²) in [4.78, 5) is 24.6. The molecule has 1 aliphatic carbocycles. The minimum absolute atomic E-state index is 0.0643. The number of likely N-dealkylation sites (tertiary alicyclic amines) is 1. The van der Waals surface area contributed by atoms with Crippen LogP contribution in [-0.4, -0.2) is 41.8 Å². The normalized spacial score (nSPS) is 28.3. The molecule has 0 radical (unpaired) electrons. The highest BCUT2D eigenvalue weighted by molar-refractivity contribution is 5.81. The molecule has 1 unspecified atom stereocenters. The van der Waals surface area contributed by atoms with Crippen molar-refractivity contribution in [1.82, 2.24) is 10.2 Å². The SMILES string of the molecule is CC(=O)NC1CCN(C2CCC(=O)C2)CC1. The lowest BCUT2D eigenvalue weighted by Gasteiger charge is -2.35. The van der Waals surface area contributed by atoms with Crippen LogP contribution in [0.15, 0.2) is 0 Å². The Morgan fingerprint density at radius 1 is 1.31 bits per heavy atom. The zero-order chi connectivity index (χ0) is 11.5. The third-order valence-corrected chi connectivity index (χ3v) is 3.67. The molecule has 0 aromatic rings. The Balaban J connectivity index is 1.76. The lowest BCUT2D eigenvalue weighted by Crippen LogP contribution is -2.47. The van der Waals surface area contributed by atoms with E-state index >= 15 is 0 Å². The lowest BCUT2D eigenvalue weighted by molar-refractivity contribution is -0.120. The number of amides is 1. The minimum atomic E-state index is 0.0643. The Morgan fingerprint density at radius 3 is 2.50 bits per heavy atom. The van der Waals surface area contributed by atoms with Crippen molar-refractivity contribution in [2.45, 2.75) is 51.1 Å². The molecule has 2 fully saturated rings. The van der Waals surface area contributed by atoms with E-state index in [1.807, 2.05) is 0 Å². The van der Waals surface area contributed by atoms with Crippen molar-refractivity contribution in [3.05, 3.63) is 0 Å². The molecule has 90 valence electrons. The van der Waals surface area contributed by atoms with Gasteiger partial charge in [0.15, 0.2) is 0 Å². The summed E-state index contributed by atoms with van der Waals surface area (Å²) in [5, 5.41) is 2.97. The van der Waals surface area contributed by atoms with E-state index in [1.54, 1.807) is 6.92 Å². The number of hydrogen-bond donors (Lipinski definition) is 1. The molecule has 1 N–H and O–H groups in total. The van der Waals surface area contributed by atoms with Crippen LogP contribution in [0.1, 0.15) is 39.0 Å². The molecule has 0 aromatic heterocycles. The van der Waals surface area contributed by atoms with Crippen LogP contribution in [0.4, 0.5) is 0 Å². The first kappa shape index (κ1) is 11.6. The van der Waals surface area contributed by atoms with E-state index in [2.05, 4.69) is 10.2 Å². The van der Waals surface area contributed by atoms with Gasteiger partial charge in [-0.1, -0.05) is 0 Å². The van der Waals surface area contributed by atoms with Crippen LogP contribution in [0.25, 0.3) is 0 Å². The van der Waals surface area contributed by atoms with E-state index in [4.69, 9.17) is 0 Å². The summed E-state index contributed by atoms with van der Waals surface area (Å²) >= 11 is 0. The number of nitrogens with one attached hydrogen (secondary N) is 1. The largest absolute Gasteiger partial charge is 0.354 e. The van der Waals surface area contributed by atoms with Crippen LogP contribution in [0.3, 0.4) is 0 Å². The summed E-state index contributed by atoms with van der Waals surface area (Å²) in [6.45, 7) is 3.60. The van der Waals surface area contributed by atoms with Crippen molar-refractivity contribution in [3.8, 4) is 0 Å². The van der Waals surface area contributed by atoms with Gasteiger partial charge in [0.05, 0.1) is 0 Å². The first-order valence-electron chi connectivity index (χ1n) is 6.18. The van der Waals surface area contributed by atoms with E-state index in [1.165, 1.54) is 0 Å². The van der Waals surface area contributed by atoms with Crippen LogP contribution in [0.5, 0.6) is 0 Å². The molecule has 0 aromatic carbocycles. The number of nitrogens with zero attached hydrogens (tertiary/aromatic N) is 1. The maximum Gasteiger partial charge on any atom is 0.217 e. The fraction of sp³-hybridized carbons (Fsp3) is 0.833. The second kappa shape index (κ2) is 4.95. The molecule has 1 aliphatic heterocycles. The molecule has 1 saturated carbocycles. The van der Waals surface area contributed by atoms with Gasteiger partial charge < -0.3 is 5.32 Å². The van der Waals surface area contributed by atoms with Gasteiger partial charge >= 0.3 is 0 Å². The minimum Gasteiger partial charge on any atom is -0.354 e. The fourth-order valence-corrected chi connectivity index (χ4v) is 2.80. The topological polar surface area (TPSA) is 49.4 Å². The fourth-order valence-electron chi connectivity index (χ4n) is 2.80. The average molecular weight is 224 g/mol. The number of rotatable bonds is 2. The van der Waals surface area contributed by atoms with E-state index in [0.29, 0.717) is 17.9 Å². The van der Waals surface area contributed by atoms with Crippen molar-refractivity contribution in [2.75, 3.05) is 13.1 Å². The number of carbonyl (C=O) groups excluding carboxylic acids is 2. The van der Waals surface area contributed by atoms with Crippen LogP contribution in [-0.2, 0) is 9.59 Å². The Morgan fingerprint density at radius 2 is 2.00 bits per heavy atom. The predicted molar refractivity (Wildman–Crippen MR) is 61.1 cm³/mol. The third-order valence-electron chi connectivity index (χ3n) is 3.67. The van der Waals surface area contributed by atoms with Gasteiger partial charge in [0.25, 0.3) is 0 Å². The van der Waals surface area contributed by atoms with Gasteiger partial charge in [-0.15, -0.1) is 0 Å². The lowest BCUT2D eigenvalue weighted by atomic mass is 10.0. The molecular formula is C12H20N2O2. The third kappa shape index (κ3) is 2.82. The molecule has 0 spiro atoms. The van der Waals surface area contributed by atoms with E-state index < -0.39 is 0 Å². The second-order valence-corrected chi connectivity index (χ2v) is 4.95. The maximum absolute atomic E-state index is 11.2. The van der Waals surface area contributed by atoms with Gasteiger partial charge in [-0.25, -0.2) is 0 Å². The van der Waals surface area contributed by atoms with Gasteiger partial charge in [0, 0.05) is 44.9 Å². The highest BCUT2D eigenvalue weighted by Gasteiger charge is 2.30. The first-order valence-corrected chi connectivity index (χ1v) is 6.18. The van der Waals surface area contributed by atoms with Gasteiger partial charge in [-0.05, 0) is 19.3 Å². The van der Waals surface area contributed by atoms with Gasteiger partial charge in [-0.2, -0.15) is 0 Å². The molecule has 1 atom stereocenters. The van der Waals surface area contributed by atoms with Crippen molar-refractivity contribution in [3.63, 3.8) is 0 Å². The zero-order valence-corrected chi connectivity index (χ0v) is 9.87. The summed E-state index contributed by atoms with van der Waals surface area (Å²) in [5.74, 6) is 0.475. The predicted octanol–water partition coefficient (Wildman–Crippen LogP) is 0.708. The molecule has 1 saturated heterocycles. The molecule has 1 amide bonds. The van der Waals surface area contributed by atoms with E-state index in [9.17, 15) is 9.59 Å². The highest BCUT2D eigenvalue weighted by atomic mass is 16.1. The number of carbonyl (C=O) groups is 2. The first-order chi connectivity index (χ1) is 7.65. The summed E-state index contributed by atoms with van der Waals surface area (Å²) < 4.78 is 0. The standard InChI is InChI=1S/C12H20N2O2/c1-9(15)13-10-4-6-14(7-5-10)11-2-3-12(16)8-11/h10-11H,2-8H2,1H3,(H,13,15). The molecule has 4 nitrogen and oxygen atoms in total. The summed E-state index contributed by atoms with van der Waals surface area (Å²) in [6, 6.07) is 0.816. The van der Waals surface area contributed by atoms with Crippen molar-refractivity contribution >= 4 is 11.7 Å². The highest BCUT2D eigenvalue weighted by Crippen LogP contribution is 2.24. The maximum atomic E-state index is 11.2. The molecular weight excluding hydrogens is 204 g/mol. The zero-order valence-electron chi connectivity index (χ0n) is 9.87. The second-order valence-electron chi connectivity index (χ2n) is 4.95. The molecule has 4 heteroatoms. The summed E-state index contributed by atoms with van der Waals surface area (Å²) in [5.41, 5.74) is 0. The average Bonchev–Trinajstić information content (AvgIpc) is 2.65. The Hall–Kier alpha value is -0.900. The van der Waals surface area contributed by atoms with Gasteiger partial charge in [0.1, 0.15) is 5.78 Å². The Labute approximate surface area is 96.4 Å². The quantitative estimate of drug-likeness (QED) is 0.751. The number of ketones is 1. The van der Waals surface area contributed by atoms with Crippen LogP contribution in [0, 0.1) is 0 Å². The van der Waals surface area contributed by atoms with Crippen LogP contribution < -0.4 is 5.32 Å². The Kier molecular flexibility index (Phi) is 3.59. The van der Waals surface area contributed by atoms with Gasteiger partial charge in [0.2, 0.25) is 5.91 Å². The van der Waals surface area contributed by atoms with E-state index in [-0.39, 0.29) is 5.91 Å². The van der Waals surface area contributed by atoms with E-state index in [0.717, 1.165) is 45.2 Å². The molecule has 2 aliphatic rings. The number of piperidine rings is 1. The van der Waals surface area contributed by atoms with Crippen molar-refractivity contribution < 1.29 is 9.59 Å². The molecule has 1 heterocycles. The number of Topliss-reactive ketones (excluding diaryl/α,β-unsaturated/α-hetero) is 1. The Bertz CT molecular complexity index is 283. The summed E-state index contributed by atoms with van der Waals surface area (Å²) in [7, 11) is 0. The van der Waals surface area contributed by atoms with Crippen molar-refractivity contribution in [1.29, 1.82) is 0 Å². The summed E-state index contributed by atoms with van der Waals surface area (Å²) in [6.07, 6.45) is 4.57. The van der Waals surface area contributed by atoms with Crippen molar-refractivity contribution in [2.24, 2.45) is 0 Å². The van der Waals surface area contributed by atoms with Crippen LogP contribution in [0.2, 0.25) is 0 Å². The molecule has 2 rings (SSSR count). The van der Waals surface area contributed by atoms with Crippen LogP contribution >= 0.6 is 0 Å². The smallest absolute Gasteiger partial charge is 0.217 e. The molecule has 16 heavy (non-hydrogen) atoms.